The smallest absolute Gasteiger partial charge is 0.325 e. The standard InChI is InChI=1S/C10H8ClF2NO3/c1-4(10(16)17)14-9(15)5-2-7(12)8(13)3-6(5)11/h2-4H,1H3,(H,14,15)(H,16,17). The van der Waals surface area contributed by atoms with Crippen molar-refractivity contribution < 1.29 is 23.5 Å². The number of aliphatic carboxylic acids is 1. The molecule has 1 unspecified atom stereocenters. The topological polar surface area (TPSA) is 66.4 Å². The van der Waals surface area contributed by atoms with E-state index in [-0.39, 0.29) is 10.6 Å². The van der Waals surface area contributed by atoms with Crippen LogP contribution in [-0.4, -0.2) is 23.0 Å². The molecule has 0 fully saturated rings. The van der Waals surface area contributed by atoms with Gasteiger partial charge in [-0.25, -0.2) is 8.78 Å². The van der Waals surface area contributed by atoms with Crippen molar-refractivity contribution in [3.8, 4) is 0 Å². The van der Waals surface area contributed by atoms with Gasteiger partial charge in [0.25, 0.3) is 5.91 Å². The van der Waals surface area contributed by atoms with Gasteiger partial charge >= 0.3 is 5.97 Å². The van der Waals surface area contributed by atoms with Crippen LogP contribution in [0.5, 0.6) is 0 Å². The normalized spacial score (nSPS) is 12.0. The fourth-order valence-corrected chi connectivity index (χ4v) is 1.27. The number of hydrogen-bond acceptors (Lipinski definition) is 2. The molecule has 0 heterocycles. The molecule has 92 valence electrons. The summed E-state index contributed by atoms with van der Waals surface area (Å²) in [5.41, 5.74) is -0.321. The second-order valence-corrected chi connectivity index (χ2v) is 3.69. The first-order chi connectivity index (χ1) is 7.82. The van der Waals surface area contributed by atoms with Crippen molar-refractivity contribution >= 4 is 23.5 Å². The van der Waals surface area contributed by atoms with E-state index in [1.807, 2.05) is 0 Å². The monoisotopic (exact) mass is 263 g/mol. The maximum atomic E-state index is 12.9. The van der Waals surface area contributed by atoms with Crippen molar-refractivity contribution in [2.24, 2.45) is 0 Å². The number of benzene rings is 1. The minimum absolute atomic E-state index is 0.293. The van der Waals surface area contributed by atoms with Gasteiger partial charge in [-0.3, -0.25) is 9.59 Å². The highest BCUT2D eigenvalue weighted by atomic mass is 35.5. The molecule has 0 spiro atoms. The number of carbonyl (C=O) groups is 2. The predicted molar refractivity (Wildman–Crippen MR) is 55.9 cm³/mol. The quantitative estimate of drug-likeness (QED) is 0.818. The zero-order chi connectivity index (χ0) is 13.2. The van der Waals surface area contributed by atoms with Gasteiger partial charge in [-0.2, -0.15) is 0 Å². The molecule has 17 heavy (non-hydrogen) atoms. The second kappa shape index (κ2) is 5.09. The van der Waals surface area contributed by atoms with Crippen LogP contribution in [0.4, 0.5) is 8.78 Å². The van der Waals surface area contributed by atoms with Crippen molar-refractivity contribution in [1.82, 2.24) is 5.32 Å². The highest BCUT2D eigenvalue weighted by Crippen LogP contribution is 2.19. The fraction of sp³-hybridized carbons (Fsp3) is 0.200. The maximum Gasteiger partial charge on any atom is 0.325 e. The van der Waals surface area contributed by atoms with Crippen LogP contribution in [0, 0.1) is 11.6 Å². The van der Waals surface area contributed by atoms with E-state index in [1.54, 1.807) is 0 Å². The molecule has 1 aromatic carbocycles. The Kier molecular flexibility index (Phi) is 4.01. The Labute approximate surface area is 100 Å². The number of carbonyl (C=O) groups excluding carboxylic acids is 1. The fourth-order valence-electron chi connectivity index (χ4n) is 1.03. The molecular formula is C10H8ClF2NO3. The van der Waals surface area contributed by atoms with E-state index in [4.69, 9.17) is 16.7 Å². The van der Waals surface area contributed by atoms with E-state index >= 15 is 0 Å². The second-order valence-electron chi connectivity index (χ2n) is 3.28. The largest absolute Gasteiger partial charge is 0.480 e. The number of carboxylic acid groups (broad SMARTS) is 1. The Morgan fingerprint density at radius 3 is 2.41 bits per heavy atom. The Morgan fingerprint density at radius 1 is 1.35 bits per heavy atom. The minimum atomic E-state index is -1.25. The summed E-state index contributed by atoms with van der Waals surface area (Å²) in [4.78, 5) is 22.0. The van der Waals surface area contributed by atoms with Crippen molar-refractivity contribution in [2.75, 3.05) is 0 Å². The maximum absolute atomic E-state index is 12.9. The Hall–Kier alpha value is -1.69. The summed E-state index contributed by atoms with van der Waals surface area (Å²) in [5, 5.41) is 10.3. The van der Waals surface area contributed by atoms with Crippen LogP contribution in [0.15, 0.2) is 12.1 Å². The van der Waals surface area contributed by atoms with Crippen LogP contribution < -0.4 is 5.32 Å². The summed E-state index contributed by atoms with van der Waals surface area (Å²) in [6, 6.07) is 0.102. The molecule has 2 N–H and O–H groups in total. The molecule has 0 aliphatic carbocycles. The number of nitrogens with one attached hydrogen (secondary N) is 1. The molecule has 0 bridgehead atoms. The average molecular weight is 264 g/mol. The molecule has 0 radical (unpaired) electrons. The molecule has 1 amide bonds. The molecule has 7 heteroatoms. The van der Waals surface area contributed by atoms with E-state index in [2.05, 4.69) is 5.32 Å². The van der Waals surface area contributed by atoms with Crippen LogP contribution in [0.1, 0.15) is 17.3 Å². The Balaban J connectivity index is 2.97. The summed E-state index contributed by atoms with van der Waals surface area (Å²) in [7, 11) is 0. The predicted octanol–water partition coefficient (Wildman–Crippen LogP) is 1.82. The molecule has 1 atom stereocenters. The summed E-state index contributed by atoms with van der Waals surface area (Å²) < 4.78 is 25.6. The van der Waals surface area contributed by atoms with Gasteiger partial charge in [0.2, 0.25) is 0 Å². The zero-order valence-electron chi connectivity index (χ0n) is 8.63. The molecule has 1 aromatic rings. The van der Waals surface area contributed by atoms with Crippen molar-refractivity contribution in [2.45, 2.75) is 13.0 Å². The highest BCUT2D eigenvalue weighted by molar-refractivity contribution is 6.33. The van der Waals surface area contributed by atoms with Crippen molar-refractivity contribution in [1.29, 1.82) is 0 Å². The van der Waals surface area contributed by atoms with E-state index in [0.717, 1.165) is 0 Å². The average Bonchev–Trinajstić information content (AvgIpc) is 2.22. The molecule has 0 aromatic heterocycles. The number of amides is 1. The third-order valence-electron chi connectivity index (χ3n) is 1.97. The first-order valence-corrected chi connectivity index (χ1v) is 4.89. The lowest BCUT2D eigenvalue weighted by Gasteiger charge is -2.10. The van der Waals surface area contributed by atoms with Crippen LogP contribution in [0.2, 0.25) is 5.02 Å². The van der Waals surface area contributed by atoms with Crippen LogP contribution in [0.25, 0.3) is 0 Å². The molecular weight excluding hydrogens is 256 g/mol. The first-order valence-electron chi connectivity index (χ1n) is 4.51. The highest BCUT2D eigenvalue weighted by Gasteiger charge is 2.19. The van der Waals surface area contributed by atoms with Gasteiger partial charge in [0.1, 0.15) is 6.04 Å². The lowest BCUT2D eigenvalue weighted by Crippen LogP contribution is -2.38. The third kappa shape index (κ3) is 3.13. The first kappa shape index (κ1) is 13.4. The summed E-state index contributed by atoms with van der Waals surface area (Å²) in [6.07, 6.45) is 0. The molecule has 0 saturated carbocycles. The van der Waals surface area contributed by atoms with Gasteiger partial charge in [-0.05, 0) is 19.1 Å². The van der Waals surface area contributed by atoms with Crippen LogP contribution in [-0.2, 0) is 4.79 Å². The molecule has 0 saturated heterocycles. The van der Waals surface area contributed by atoms with E-state index in [1.165, 1.54) is 6.92 Å². The molecule has 4 nitrogen and oxygen atoms in total. The Bertz CT molecular complexity index is 479. The van der Waals surface area contributed by atoms with Gasteiger partial charge in [0.15, 0.2) is 11.6 Å². The van der Waals surface area contributed by atoms with Gasteiger partial charge < -0.3 is 10.4 Å². The number of rotatable bonds is 3. The van der Waals surface area contributed by atoms with Gasteiger partial charge in [-0.1, -0.05) is 11.6 Å². The van der Waals surface area contributed by atoms with Crippen LogP contribution >= 0.6 is 11.6 Å². The van der Waals surface area contributed by atoms with E-state index < -0.39 is 29.6 Å². The molecule has 1 rings (SSSR count). The van der Waals surface area contributed by atoms with Gasteiger partial charge in [0.05, 0.1) is 10.6 Å². The zero-order valence-corrected chi connectivity index (χ0v) is 9.39. The van der Waals surface area contributed by atoms with E-state index in [9.17, 15) is 18.4 Å². The van der Waals surface area contributed by atoms with Crippen LogP contribution in [0.3, 0.4) is 0 Å². The number of hydrogen-bond donors (Lipinski definition) is 2. The molecule has 0 aliphatic rings. The Morgan fingerprint density at radius 2 is 1.88 bits per heavy atom. The lowest BCUT2D eigenvalue weighted by molar-refractivity contribution is -0.138. The summed E-state index contributed by atoms with van der Waals surface area (Å²) in [5.74, 6) is -4.55. The minimum Gasteiger partial charge on any atom is -0.480 e. The van der Waals surface area contributed by atoms with E-state index in [0.29, 0.717) is 12.1 Å². The SMILES string of the molecule is CC(NC(=O)c1cc(F)c(F)cc1Cl)C(=O)O. The van der Waals surface area contributed by atoms with Gasteiger partial charge in [-0.15, -0.1) is 0 Å². The van der Waals surface area contributed by atoms with Crippen molar-refractivity contribution in [3.63, 3.8) is 0 Å². The van der Waals surface area contributed by atoms with Crippen molar-refractivity contribution in [3.05, 3.63) is 34.4 Å². The summed E-state index contributed by atoms with van der Waals surface area (Å²) >= 11 is 5.54. The third-order valence-corrected chi connectivity index (χ3v) is 2.29. The van der Waals surface area contributed by atoms with Gasteiger partial charge in [0, 0.05) is 0 Å². The summed E-state index contributed by atoms with van der Waals surface area (Å²) in [6.45, 7) is 1.23. The number of carboxylic acids is 1. The number of halogens is 3. The lowest BCUT2D eigenvalue weighted by atomic mass is 10.2. The molecule has 0 aliphatic heterocycles.